The summed E-state index contributed by atoms with van der Waals surface area (Å²) in [5.74, 6) is 1.26. The summed E-state index contributed by atoms with van der Waals surface area (Å²) in [4.78, 5) is 30.4. The lowest BCUT2D eigenvalue weighted by molar-refractivity contribution is 0.301. The van der Waals surface area contributed by atoms with Crippen LogP contribution in [-0.4, -0.2) is 32.8 Å². The van der Waals surface area contributed by atoms with Crippen LogP contribution in [0.25, 0.3) is 11.2 Å². The number of benzene rings is 1. The second-order valence-electron chi connectivity index (χ2n) is 4.99. The third-order valence-electron chi connectivity index (χ3n) is 3.56. The van der Waals surface area contributed by atoms with Gasteiger partial charge in [-0.3, -0.25) is 14.3 Å². The fourth-order valence-electron chi connectivity index (χ4n) is 2.41. The van der Waals surface area contributed by atoms with Crippen LogP contribution >= 0.6 is 0 Å². The zero-order chi connectivity index (χ0) is 16.4. The lowest BCUT2D eigenvalue weighted by Gasteiger charge is -2.09. The molecule has 0 bridgehead atoms. The number of nitrogens with zero attached hydrogens (tertiary/aromatic N) is 3. The Hall–Kier alpha value is -3.03. The molecular weight excluding hydrogens is 298 g/mol. The summed E-state index contributed by atoms with van der Waals surface area (Å²) in [6.07, 6.45) is 0. The average molecular weight is 315 g/mol. The Morgan fingerprint density at radius 2 is 2.00 bits per heavy atom. The number of aromatic amines is 1. The molecule has 0 radical (unpaired) electrons. The Bertz CT molecular complexity index is 939. The SMILES string of the molecule is CNc1nc2c(c(=O)[nH]c(=O)n2C)n1CCOc1ccccc1. The Morgan fingerprint density at radius 3 is 2.70 bits per heavy atom. The zero-order valence-electron chi connectivity index (χ0n) is 12.9. The van der Waals surface area contributed by atoms with Gasteiger partial charge >= 0.3 is 5.69 Å². The summed E-state index contributed by atoms with van der Waals surface area (Å²) < 4.78 is 8.68. The molecule has 3 aromatic rings. The summed E-state index contributed by atoms with van der Waals surface area (Å²) in [6, 6.07) is 9.42. The molecule has 0 spiro atoms. The van der Waals surface area contributed by atoms with Crippen molar-refractivity contribution < 1.29 is 4.74 Å². The second kappa shape index (κ2) is 5.99. The summed E-state index contributed by atoms with van der Waals surface area (Å²) in [6.45, 7) is 0.787. The molecule has 0 saturated heterocycles. The Kier molecular flexibility index (Phi) is 3.88. The van der Waals surface area contributed by atoms with Crippen LogP contribution in [0.3, 0.4) is 0 Å². The Morgan fingerprint density at radius 1 is 1.26 bits per heavy atom. The number of imidazole rings is 1. The number of nitrogens with one attached hydrogen (secondary N) is 2. The van der Waals surface area contributed by atoms with Gasteiger partial charge in [0.15, 0.2) is 11.2 Å². The highest BCUT2D eigenvalue weighted by molar-refractivity contribution is 5.74. The lowest BCUT2D eigenvalue weighted by atomic mass is 10.3. The molecule has 1 aromatic carbocycles. The predicted molar refractivity (Wildman–Crippen MR) is 87.1 cm³/mol. The molecular formula is C15H17N5O3. The van der Waals surface area contributed by atoms with Gasteiger partial charge in [-0.1, -0.05) is 18.2 Å². The molecule has 0 unspecified atom stereocenters. The van der Waals surface area contributed by atoms with Crippen molar-refractivity contribution in [2.45, 2.75) is 6.54 Å². The van der Waals surface area contributed by atoms with Crippen LogP contribution in [0, 0.1) is 0 Å². The van der Waals surface area contributed by atoms with Gasteiger partial charge in [0, 0.05) is 14.1 Å². The van der Waals surface area contributed by atoms with E-state index < -0.39 is 11.2 Å². The fraction of sp³-hybridized carbons (Fsp3) is 0.267. The van der Waals surface area contributed by atoms with Crippen molar-refractivity contribution in [1.82, 2.24) is 19.1 Å². The van der Waals surface area contributed by atoms with Crippen LogP contribution in [0.4, 0.5) is 5.95 Å². The minimum absolute atomic E-state index is 0.336. The molecule has 0 aliphatic heterocycles. The van der Waals surface area contributed by atoms with Gasteiger partial charge in [-0.05, 0) is 12.1 Å². The first-order valence-electron chi connectivity index (χ1n) is 7.17. The summed E-state index contributed by atoms with van der Waals surface area (Å²) in [5.41, 5.74) is -0.275. The second-order valence-corrected chi connectivity index (χ2v) is 4.99. The van der Waals surface area contributed by atoms with Crippen molar-refractivity contribution in [3.63, 3.8) is 0 Å². The molecule has 0 atom stereocenters. The first-order chi connectivity index (χ1) is 11.1. The monoisotopic (exact) mass is 315 g/mol. The standard InChI is InChI=1S/C15H17N5O3/c1-16-14-17-12-11(13(21)18-15(22)19(12)2)20(14)8-9-23-10-6-4-3-5-7-10/h3-7H,8-9H2,1-2H3,(H,16,17)(H,18,21,22). The number of rotatable bonds is 5. The van der Waals surface area contributed by atoms with Crippen molar-refractivity contribution in [2.24, 2.45) is 7.05 Å². The Balaban J connectivity index is 1.95. The van der Waals surface area contributed by atoms with Crippen LogP contribution in [0.5, 0.6) is 5.75 Å². The largest absolute Gasteiger partial charge is 0.492 e. The minimum atomic E-state index is -0.490. The molecule has 0 saturated carbocycles. The smallest absolute Gasteiger partial charge is 0.329 e. The summed E-state index contributed by atoms with van der Waals surface area (Å²) in [5, 5.41) is 2.94. The highest BCUT2D eigenvalue weighted by Gasteiger charge is 2.16. The first-order valence-corrected chi connectivity index (χ1v) is 7.17. The number of aryl methyl sites for hydroxylation is 1. The van der Waals surface area contributed by atoms with E-state index in [0.717, 1.165) is 5.75 Å². The molecule has 8 nitrogen and oxygen atoms in total. The zero-order valence-corrected chi connectivity index (χ0v) is 12.9. The van der Waals surface area contributed by atoms with Gasteiger partial charge in [0.1, 0.15) is 12.4 Å². The number of hydrogen-bond acceptors (Lipinski definition) is 5. The molecule has 0 amide bonds. The molecule has 8 heteroatoms. The number of H-pyrrole nitrogens is 1. The lowest BCUT2D eigenvalue weighted by Crippen LogP contribution is -2.29. The van der Waals surface area contributed by atoms with Crippen LogP contribution < -0.4 is 21.3 Å². The van der Waals surface area contributed by atoms with Gasteiger partial charge in [-0.15, -0.1) is 0 Å². The maximum Gasteiger partial charge on any atom is 0.329 e. The number of anilines is 1. The number of fused-ring (bicyclic) bond motifs is 1. The fourth-order valence-corrected chi connectivity index (χ4v) is 2.41. The normalized spacial score (nSPS) is 10.9. The molecule has 0 aliphatic carbocycles. The molecule has 23 heavy (non-hydrogen) atoms. The van der Waals surface area contributed by atoms with E-state index in [1.54, 1.807) is 18.7 Å². The van der Waals surface area contributed by atoms with Crippen LogP contribution in [0.15, 0.2) is 39.9 Å². The highest BCUT2D eigenvalue weighted by Crippen LogP contribution is 2.15. The maximum atomic E-state index is 12.1. The van der Waals surface area contributed by atoms with Crippen molar-refractivity contribution in [3.05, 3.63) is 51.2 Å². The molecule has 2 aromatic heterocycles. The van der Waals surface area contributed by atoms with Crippen LogP contribution in [-0.2, 0) is 13.6 Å². The van der Waals surface area contributed by atoms with Crippen molar-refractivity contribution in [3.8, 4) is 5.75 Å². The van der Waals surface area contributed by atoms with E-state index in [9.17, 15) is 9.59 Å². The third-order valence-corrected chi connectivity index (χ3v) is 3.56. The highest BCUT2D eigenvalue weighted by atomic mass is 16.5. The van der Waals surface area contributed by atoms with Gasteiger partial charge in [0.25, 0.3) is 5.56 Å². The topological polar surface area (TPSA) is 93.9 Å². The molecule has 3 rings (SSSR count). The van der Waals surface area contributed by atoms with E-state index in [0.29, 0.717) is 30.3 Å². The van der Waals surface area contributed by atoms with Gasteiger partial charge in [0.2, 0.25) is 5.95 Å². The first kappa shape index (κ1) is 14.9. The third kappa shape index (κ3) is 2.70. The molecule has 120 valence electrons. The molecule has 0 fully saturated rings. The van der Waals surface area contributed by atoms with E-state index in [-0.39, 0.29) is 0 Å². The van der Waals surface area contributed by atoms with Gasteiger partial charge in [-0.2, -0.15) is 4.98 Å². The summed E-state index contributed by atoms with van der Waals surface area (Å²) in [7, 11) is 3.28. The van der Waals surface area contributed by atoms with E-state index >= 15 is 0 Å². The van der Waals surface area contributed by atoms with Gasteiger partial charge in [-0.25, -0.2) is 4.79 Å². The number of para-hydroxylation sites is 1. The van der Waals surface area contributed by atoms with E-state index in [2.05, 4.69) is 15.3 Å². The van der Waals surface area contributed by atoms with E-state index in [1.807, 2.05) is 30.3 Å². The maximum absolute atomic E-state index is 12.1. The van der Waals surface area contributed by atoms with Crippen molar-refractivity contribution in [1.29, 1.82) is 0 Å². The van der Waals surface area contributed by atoms with Gasteiger partial charge < -0.3 is 14.6 Å². The molecule has 0 aliphatic rings. The molecule has 2 N–H and O–H groups in total. The van der Waals surface area contributed by atoms with Crippen molar-refractivity contribution in [2.75, 3.05) is 19.0 Å². The number of hydrogen-bond donors (Lipinski definition) is 2. The quantitative estimate of drug-likeness (QED) is 0.717. The average Bonchev–Trinajstić information content (AvgIpc) is 2.93. The van der Waals surface area contributed by atoms with Crippen LogP contribution in [0.1, 0.15) is 0 Å². The minimum Gasteiger partial charge on any atom is -0.492 e. The Labute approximate surface area is 131 Å². The number of aromatic nitrogens is 4. The molecule has 2 heterocycles. The van der Waals surface area contributed by atoms with E-state index in [4.69, 9.17) is 4.74 Å². The summed E-state index contributed by atoms with van der Waals surface area (Å²) >= 11 is 0. The van der Waals surface area contributed by atoms with Crippen molar-refractivity contribution >= 4 is 17.1 Å². The number of ether oxygens (including phenoxy) is 1. The predicted octanol–water partition coefficient (Wildman–Crippen LogP) is 0.544. The van der Waals surface area contributed by atoms with E-state index in [1.165, 1.54) is 4.57 Å². The van der Waals surface area contributed by atoms with Gasteiger partial charge in [0.05, 0.1) is 6.54 Å². The van der Waals surface area contributed by atoms with Crippen LogP contribution in [0.2, 0.25) is 0 Å².